The summed E-state index contributed by atoms with van der Waals surface area (Å²) in [5, 5.41) is 8.12. The predicted octanol–water partition coefficient (Wildman–Crippen LogP) is 3.07. The molecule has 0 saturated carbocycles. The highest BCUT2D eigenvalue weighted by Crippen LogP contribution is 2.30. The van der Waals surface area contributed by atoms with Gasteiger partial charge in [0.2, 0.25) is 0 Å². The lowest BCUT2D eigenvalue weighted by atomic mass is 9.99. The maximum atomic E-state index is 13.5. The Kier molecular flexibility index (Phi) is 2.84. The van der Waals surface area contributed by atoms with E-state index in [4.69, 9.17) is 0 Å². The summed E-state index contributed by atoms with van der Waals surface area (Å²) in [6.07, 6.45) is 6.66. The number of nitrogens with zero attached hydrogens (tertiary/aromatic N) is 1. The Morgan fingerprint density at radius 2 is 1.95 bits per heavy atom. The molecule has 2 N–H and O–H groups in total. The van der Waals surface area contributed by atoms with Crippen LogP contribution in [0.5, 0.6) is 0 Å². The first-order valence-corrected chi connectivity index (χ1v) is 7.35. The standard InChI is InChI=1S/C16H18FN3/c17-10-1-4-15-14(7-10)16(5-6-18-15)20-13-8-11-2-3-12(9-13)19-11/h1,4-7,11-13,19H,2-3,8-9H2,(H,18,20). The Hall–Kier alpha value is -1.68. The number of hydrogen-bond donors (Lipinski definition) is 2. The normalized spacial score (nSPS) is 28.8. The van der Waals surface area contributed by atoms with Gasteiger partial charge in [0.25, 0.3) is 0 Å². The maximum absolute atomic E-state index is 13.5. The van der Waals surface area contributed by atoms with Gasteiger partial charge in [0.1, 0.15) is 5.82 Å². The van der Waals surface area contributed by atoms with Crippen LogP contribution in [0.1, 0.15) is 25.7 Å². The highest BCUT2D eigenvalue weighted by Gasteiger charge is 2.33. The van der Waals surface area contributed by atoms with Gasteiger partial charge in [-0.15, -0.1) is 0 Å². The van der Waals surface area contributed by atoms with Crippen LogP contribution in [-0.4, -0.2) is 23.1 Å². The summed E-state index contributed by atoms with van der Waals surface area (Å²) in [6, 6.07) is 8.49. The van der Waals surface area contributed by atoms with E-state index in [0.717, 1.165) is 29.4 Å². The van der Waals surface area contributed by atoms with Crippen LogP contribution in [0.25, 0.3) is 10.9 Å². The highest BCUT2D eigenvalue weighted by atomic mass is 19.1. The number of pyridine rings is 1. The third-order valence-electron chi connectivity index (χ3n) is 4.54. The Bertz CT molecular complexity index is 631. The molecule has 0 aliphatic carbocycles. The van der Waals surface area contributed by atoms with Gasteiger partial charge in [0, 0.05) is 35.4 Å². The van der Waals surface area contributed by atoms with E-state index in [9.17, 15) is 4.39 Å². The van der Waals surface area contributed by atoms with Crippen molar-refractivity contribution < 1.29 is 4.39 Å². The summed E-state index contributed by atoms with van der Waals surface area (Å²) in [5.74, 6) is -0.209. The number of nitrogens with one attached hydrogen (secondary N) is 2. The molecule has 2 bridgehead atoms. The molecule has 1 aromatic heterocycles. The number of benzene rings is 1. The minimum Gasteiger partial charge on any atom is -0.382 e. The lowest BCUT2D eigenvalue weighted by Crippen LogP contribution is -2.43. The number of fused-ring (bicyclic) bond motifs is 3. The molecule has 2 aliphatic heterocycles. The molecule has 2 aromatic rings. The zero-order valence-electron chi connectivity index (χ0n) is 11.3. The number of anilines is 1. The molecule has 2 unspecified atom stereocenters. The number of halogens is 1. The lowest BCUT2D eigenvalue weighted by molar-refractivity contribution is 0.378. The summed E-state index contributed by atoms with van der Waals surface area (Å²) in [6.45, 7) is 0. The first-order chi connectivity index (χ1) is 9.78. The number of piperidine rings is 1. The third-order valence-corrected chi connectivity index (χ3v) is 4.54. The third kappa shape index (κ3) is 2.14. The van der Waals surface area contributed by atoms with E-state index in [2.05, 4.69) is 15.6 Å². The van der Waals surface area contributed by atoms with Crippen LogP contribution < -0.4 is 10.6 Å². The number of rotatable bonds is 2. The van der Waals surface area contributed by atoms with Gasteiger partial charge >= 0.3 is 0 Å². The van der Waals surface area contributed by atoms with Crippen molar-refractivity contribution in [2.75, 3.05) is 5.32 Å². The molecule has 2 atom stereocenters. The molecular formula is C16H18FN3. The monoisotopic (exact) mass is 271 g/mol. The summed E-state index contributed by atoms with van der Waals surface area (Å²) in [7, 11) is 0. The summed E-state index contributed by atoms with van der Waals surface area (Å²) in [4.78, 5) is 4.30. The number of hydrogen-bond acceptors (Lipinski definition) is 3. The Morgan fingerprint density at radius 3 is 2.75 bits per heavy atom. The van der Waals surface area contributed by atoms with Crippen molar-refractivity contribution >= 4 is 16.6 Å². The summed E-state index contributed by atoms with van der Waals surface area (Å²) in [5.41, 5.74) is 1.84. The molecule has 104 valence electrons. The fourth-order valence-electron chi connectivity index (χ4n) is 3.64. The average Bonchev–Trinajstić information content (AvgIpc) is 2.79. The fraction of sp³-hybridized carbons (Fsp3) is 0.438. The van der Waals surface area contributed by atoms with Crippen molar-refractivity contribution in [3.05, 3.63) is 36.3 Å². The SMILES string of the molecule is Fc1ccc2nccc(NC3CC4CCC(C3)N4)c2c1. The van der Waals surface area contributed by atoms with E-state index in [1.54, 1.807) is 18.3 Å². The fourth-order valence-corrected chi connectivity index (χ4v) is 3.64. The molecule has 4 rings (SSSR count). The predicted molar refractivity (Wildman–Crippen MR) is 78.3 cm³/mol. The van der Waals surface area contributed by atoms with Gasteiger partial charge in [-0.3, -0.25) is 4.98 Å². The van der Waals surface area contributed by atoms with Crippen LogP contribution in [0.2, 0.25) is 0 Å². The highest BCUT2D eigenvalue weighted by molar-refractivity contribution is 5.91. The topological polar surface area (TPSA) is 37.0 Å². The summed E-state index contributed by atoms with van der Waals surface area (Å²) >= 11 is 0. The van der Waals surface area contributed by atoms with E-state index >= 15 is 0 Å². The zero-order valence-corrected chi connectivity index (χ0v) is 11.3. The van der Waals surface area contributed by atoms with Crippen LogP contribution in [-0.2, 0) is 0 Å². The minimum absolute atomic E-state index is 0.209. The van der Waals surface area contributed by atoms with Crippen LogP contribution in [0.4, 0.5) is 10.1 Å². The smallest absolute Gasteiger partial charge is 0.124 e. The van der Waals surface area contributed by atoms with Crippen LogP contribution >= 0.6 is 0 Å². The second-order valence-corrected chi connectivity index (χ2v) is 5.97. The van der Waals surface area contributed by atoms with Crippen molar-refractivity contribution in [2.24, 2.45) is 0 Å². The molecule has 3 nitrogen and oxygen atoms in total. The maximum Gasteiger partial charge on any atom is 0.124 e. The zero-order chi connectivity index (χ0) is 13.5. The Morgan fingerprint density at radius 1 is 1.15 bits per heavy atom. The van der Waals surface area contributed by atoms with E-state index < -0.39 is 0 Å². The quantitative estimate of drug-likeness (QED) is 0.881. The molecule has 20 heavy (non-hydrogen) atoms. The summed E-state index contributed by atoms with van der Waals surface area (Å²) < 4.78 is 13.5. The second kappa shape index (κ2) is 4.70. The molecule has 0 radical (unpaired) electrons. The van der Waals surface area contributed by atoms with Crippen molar-refractivity contribution in [3.8, 4) is 0 Å². The minimum atomic E-state index is -0.209. The van der Waals surface area contributed by atoms with Gasteiger partial charge in [-0.2, -0.15) is 0 Å². The lowest BCUT2D eigenvalue weighted by Gasteiger charge is -2.30. The van der Waals surface area contributed by atoms with Crippen molar-refractivity contribution in [1.29, 1.82) is 0 Å². The largest absolute Gasteiger partial charge is 0.382 e. The molecule has 1 aromatic carbocycles. The molecule has 2 saturated heterocycles. The van der Waals surface area contributed by atoms with Gasteiger partial charge in [-0.1, -0.05) is 0 Å². The Labute approximate surface area is 117 Å². The molecule has 4 heteroatoms. The molecule has 2 fully saturated rings. The van der Waals surface area contributed by atoms with E-state index in [-0.39, 0.29) is 5.82 Å². The first kappa shape index (κ1) is 12.1. The molecule has 0 amide bonds. The van der Waals surface area contributed by atoms with E-state index in [0.29, 0.717) is 18.1 Å². The first-order valence-electron chi connectivity index (χ1n) is 7.35. The Balaban J connectivity index is 1.63. The van der Waals surface area contributed by atoms with E-state index in [1.165, 1.54) is 18.9 Å². The molecular weight excluding hydrogens is 253 g/mol. The van der Waals surface area contributed by atoms with Crippen LogP contribution in [0.15, 0.2) is 30.5 Å². The second-order valence-electron chi connectivity index (χ2n) is 5.97. The van der Waals surface area contributed by atoms with Gasteiger partial charge in [-0.25, -0.2) is 4.39 Å². The van der Waals surface area contributed by atoms with Crippen LogP contribution in [0.3, 0.4) is 0 Å². The van der Waals surface area contributed by atoms with E-state index in [1.807, 2.05) is 6.07 Å². The molecule has 0 spiro atoms. The average molecular weight is 271 g/mol. The van der Waals surface area contributed by atoms with Crippen molar-refractivity contribution in [2.45, 2.75) is 43.8 Å². The van der Waals surface area contributed by atoms with Gasteiger partial charge in [0.05, 0.1) is 5.52 Å². The van der Waals surface area contributed by atoms with Gasteiger partial charge in [0.15, 0.2) is 0 Å². The van der Waals surface area contributed by atoms with Gasteiger partial charge < -0.3 is 10.6 Å². The van der Waals surface area contributed by atoms with Crippen LogP contribution in [0, 0.1) is 5.82 Å². The van der Waals surface area contributed by atoms with Gasteiger partial charge in [-0.05, 0) is 49.9 Å². The molecule has 2 aliphatic rings. The van der Waals surface area contributed by atoms with Crippen molar-refractivity contribution in [3.63, 3.8) is 0 Å². The molecule has 3 heterocycles. The van der Waals surface area contributed by atoms with Crippen molar-refractivity contribution in [1.82, 2.24) is 10.3 Å². The number of aromatic nitrogens is 1.